The summed E-state index contributed by atoms with van der Waals surface area (Å²) in [6, 6.07) is 11.3. The number of nitrogens with one attached hydrogen (secondary N) is 2. The van der Waals surface area contributed by atoms with Gasteiger partial charge in [0.2, 0.25) is 0 Å². The van der Waals surface area contributed by atoms with Crippen LogP contribution in [0, 0.1) is 6.92 Å². The molecule has 0 bridgehead atoms. The van der Waals surface area contributed by atoms with Crippen LogP contribution in [0.25, 0.3) is 0 Å². The maximum Gasteiger partial charge on any atom is 0.314 e. The first-order chi connectivity index (χ1) is 10.5. The van der Waals surface area contributed by atoms with Crippen molar-refractivity contribution in [3.05, 3.63) is 48.0 Å². The van der Waals surface area contributed by atoms with E-state index in [1.807, 2.05) is 6.92 Å². The molecule has 0 fully saturated rings. The van der Waals surface area contributed by atoms with Crippen LogP contribution in [0.1, 0.15) is 5.56 Å². The Balaban J connectivity index is 2.02. The SMILES string of the molecule is COc1ccc(NC(=O)C(=O)Nc2cc(C)ccc2O)cc1. The van der Waals surface area contributed by atoms with E-state index in [1.54, 1.807) is 36.4 Å². The van der Waals surface area contributed by atoms with Gasteiger partial charge in [-0.1, -0.05) is 6.07 Å². The maximum absolute atomic E-state index is 11.8. The van der Waals surface area contributed by atoms with Gasteiger partial charge in [0.25, 0.3) is 0 Å². The van der Waals surface area contributed by atoms with E-state index in [0.29, 0.717) is 11.4 Å². The van der Waals surface area contributed by atoms with Crippen molar-refractivity contribution in [3.8, 4) is 11.5 Å². The van der Waals surface area contributed by atoms with Crippen molar-refractivity contribution in [1.29, 1.82) is 0 Å². The number of methoxy groups -OCH3 is 1. The smallest absolute Gasteiger partial charge is 0.314 e. The van der Waals surface area contributed by atoms with Crippen molar-refractivity contribution in [2.24, 2.45) is 0 Å². The highest BCUT2D eigenvalue weighted by atomic mass is 16.5. The number of benzene rings is 2. The summed E-state index contributed by atoms with van der Waals surface area (Å²) in [5.41, 5.74) is 1.51. The van der Waals surface area contributed by atoms with Gasteiger partial charge in [-0.15, -0.1) is 0 Å². The molecule has 0 radical (unpaired) electrons. The summed E-state index contributed by atoms with van der Waals surface area (Å²) < 4.78 is 5.01. The van der Waals surface area contributed by atoms with Gasteiger partial charge in [0.15, 0.2) is 0 Å². The van der Waals surface area contributed by atoms with Gasteiger partial charge in [0, 0.05) is 5.69 Å². The molecule has 2 aromatic rings. The molecule has 6 heteroatoms. The highest BCUT2D eigenvalue weighted by Gasteiger charge is 2.15. The molecule has 0 spiro atoms. The van der Waals surface area contributed by atoms with E-state index in [1.165, 1.54) is 13.2 Å². The standard InChI is InChI=1S/C16H16N2O4/c1-10-3-8-14(19)13(9-10)18-16(21)15(20)17-11-4-6-12(22-2)7-5-11/h3-9,19H,1-2H3,(H,17,20)(H,18,21). The molecule has 0 aliphatic heterocycles. The van der Waals surface area contributed by atoms with E-state index in [9.17, 15) is 14.7 Å². The highest BCUT2D eigenvalue weighted by molar-refractivity contribution is 6.43. The minimum Gasteiger partial charge on any atom is -0.506 e. The average molecular weight is 300 g/mol. The fraction of sp³-hybridized carbons (Fsp3) is 0.125. The number of carbonyl (C=O) groups excluding carboxylic acids is 2. The number of anilines is 2. The first-order valence-corrected chi connectivity index (χ1v) is 6.55. The lowest BCUT2D eigenvalue weighted by Gasteiger charge is -2.09. The second-order valence-corrected chi connectivity index (χ2v) is 4.66. The number of aromatic hydroxyl groups is 1. The third-order valence-corrected chi connectivity index (χ3v) is 2.95. The highest BCUT2D eigenvalue weighted by Crippen LogP contribution is 2.23. The van der Waals surface area contributed by atoms with Crippen molar-refractivity contribution < 1.29 is 19.4 Å². The predicted molar refractivity (Wildman–Crippen MR) is 83.1 cm³/mol. The van der Waals surface area contributed by atoms with Crippen LogP contribution in [0.15, 0.2) is 42.5 Å². The Morgan fingerprint density at radius 2 is 1.64 bits per heavy atom. The van der Waals surface area contributed by atoms with Gasteiger partial charge in [-0.25, -0.2) is 0 Å². The largest absolute Gasteiger partial charge is 0.506 e. The Bertz CT molecular complexity index is 696. The summed E-state index contributed by atoms with van der Waals surface area (Å²) in [4.78, 5) is 23.7. The number of ether oxygens (including phenoxy) is 1. The molecule has 6 nitrogen and oxygen atoms in total. The van der Waals surface area contributed by atoms with E-state index in [2.05, 4.69) is 10.6 Å². The lowest BCUT2D eigenvalue weighted by Crippen LogP contribution is -2.29. The topological polar surface area (TPSA) is 87.7 Å². The summed E-state index contributed by atoms with van der Waals surface area (Å²) in [5.74, 6) is -1.15. The molecule has 0 saturated carbocycles. The van der Waals surface area contributed by atoms with Crippen molar-refractivity contribution in [2.45, 2.75) is 6.92 Å². The molecule has 0 saturated heterocycles. The number of hydrogen-bond donors (Lipinski definition) is 3. The van der Waals surface area contributed by atoms with Crippen LogP contribution >= 0.6 is 0 Å². The second-order valence-electron chi connectivity index (χ2n) is 4.66. The number of rotatable bonds is 3. The number of amides is 2. The Morgan fingerprint density at radius 3 is 2.27 bits per heavy atom. The summed E-state index contributed by atoms with van der Waals surface area (Å²) in [5, 5.41) is 14.5. The molecule has 114 valence electrons. The van der Waals surface area contributed by atoms with Gasteiger partial charge >= 0.3 is 11.8 Å². The van der Waals surface area contributed by atoms with Crippen LogP contribution < -0.4 is 15.4 Å². The first-order valence-electron chi connectivity index (χ1n) is 6.55. The molecule has 22 heavy (non-hydrogen) atoms. The number of hydrogen-bond acceptors (Lipinski definition) is 4. The lowest BCUT2D eigenvalue weighted by atomic mass is 10.2. The van der Waals surface area contributed by atoms with Gasteiger partial charge in [-0.05, 0) is 48.9 Å². The third kappa shape index (κ3) is 3.76. The monoisotopic (exact) mass is 300 g/mol. The molecule has 3 N–H and O–H groups in total. The number of carbonyl (C=O) groups is 2. The Hall–Kier alpha value is -3.02. The Morgan fingerprint density at radius 1 is 1.00 bits per heavy atom. The molecule has 0 atom stereocenters. The summed E-state index contributed by atoms with van der Waals surface area (Å²) in [7, 11) is 1.54. The predicted octanol–water partition coefficient (Wildman–Crippen LogP) is 2.29. The number of phenols is 1. The summed E-state index contributed by atoms with van der Waals surface area (Å²) >= 11 is 0. The first kappa shape index (κ1) is 15.4. The molecule has 2 amide bonds. The Labute approximate surface area is 127 Å². The van der Waals surface area contributed by atoms with Gasteiger partial charge in [-0.2, -0.15) is 0 Å². The van der Waals surface area contributed by atoms with E-state index in [0.717, 1.165) is 5.56 Å². The van der Waals surface area contributed by atoms with Crippen molar-refractivity contribution >= 4 is 23.2 Å². The van der Waals surface area contributed by atoms with E-state index < -0.39 is 11.8 Å². The molecule has 2 aromatic carbocycles. The zero-order chi connectivity index (χ0) is 16.1. The normalized spacial score (nSPS) is 9.91. The van der Waals surface area contributed by atoms with E-state index in [-0.39, 0.29) is 11.4 Å². The van der Waals surface area contributed by atoms with Crippen LogP contribution in [-0.2, 0) is 9.59 Å². The van der Waals surface area contributed by atoms with Crippen LogP contribution in [0.4, 0.5) is 11.4 Å². The lowest BCUT2D eigenvalue weighted by molar-refractivity contribution is -0.133. The molecular weight excluding hydrogens is 284 g/mol. The van der Waals surface area contributed by atoms with E-state index in [4.69, 9.17) is 4.74 Å². The van der Waals surface area contributed by atoms with Crippen LogP contribution in [0.3, 0.4) is 0 Å². The van der Waals surface area contributed by atoms with Crippen molar-refractivity contribution in [2.75, 3.05) is 17.7 Å². The van der Waals surface area contributed by atoms with Crippen LogP contribution in [0.2, 0.25) is 0 Å². The molecule has 0 aliphatic rings. The molecule has 0 heterocycles. The van der Waals surface area contributed by atoms with Gasteiger partial charge in [0.1, 0.15) is 11.5 Å². The average Bonchev–Trinajstić information content (AvgIpc) is 2.51. The zero-order valence-electron chi connectivity index (χ0n) is 12.2. The fourth-order valence-corrected chi connectivity index (χ4v) is 1.79. The Kier molecular flexibility index (Phi) is 4.63. The molecule has 0 aromatic heterocycles. The number of aryl methyl sites for hydroxylation is 1. The second kappa shape index (κ2) is 6.62. The minimum absolute atomic E-state index is 0.101. The fourth-order valence-electron chi connectivity index (χ4n) is 1.79. The molecule has 0 aliphatic carbocycles. The summed E-state index contributed by atoms with van der Waals surface area (Å²) in [6.07, 6.45) is 0. The van der Waals surface area contributed by atoms with Crippen molar-refractivity contribution in [1.82, 2.24) is 0 Å². The quantitative estimate of drug-likeness (QED) is 0.599. The van der Waals surface area contributed by atoms with Crippen LogP contribution in [0.5, 0.6) is 11.5 Å². The summed E-state index contributed by atoms with van der Waals surface area (Å²) in [6.45, 7) is 1.81. The molecule has 2 rings (SSSR count). The third-order valence-electron chi connectivity index (χ3n) is 2.95. The minimum atomic E-state index is -0.864. The van der Waals surface area contributed by atoms with E-state index >= 15 is 0 Å². The van der Waals surface area contributed by atoms with Gasteiger partial charge in [0.05, 0.1) is 12.8 Å². The molecule has 0 unspecified atom stereocenters. The van der Waals surface area contributed by atoms with Crippen LogP contribution in [-0.4, -0.2) is 24.0 Å². The van der Waals surface area contributed by atoms with Gasteiger partial charge in [-0.3, -0.25) is 9.59 Å². The van der Waals surface area contributed by atoms with Crippen molar-refractivity contribution in [3.63, 3.8) is 0 Å². The molecular formula is C16H16N2O4. The maximum atomic E-state index is 11.8. The zero-order valence-corrected chi connectivity index (χ0v) is 12.2. The number of phenolic OH excluding ortho intramolecular Hbond substituents is 1. The van der Waals surface area contributed by atoms with Gasteiger partial charge < -0.3 is 20.5 Å².